The summed E-state index contributed by atoms with van der Waals surface area (Å²) >= 11 is 0. The molecule has 0 aromatic heterocycles. The Hall–Kier alpha value is -10.6. The Labute approximate surface area is 776 Å². The molecule has 8 aromatic rings. The third-order valence-electron chi connectivity index (χ3n) is 22.5. The number of anilines is 16. The molecule has 0 bridgehead atoms. The van der Waals surface area contributed by atoms with Gasteiger partial charge in [-0.15, -0.1) is 0 Å². The standard InChI is InChI=1S/C15H26N2O2.C14H24N2O2.C13H22N2O2.3C12H20N2O2.C11H18N2O2.C10H16N2O2/c1-7-17(8-2)12-11(13(18)14(12)19)16(6)10-9-15(3,4)5;1-7-15(5)10-11(13(18)12(10)17)16(6)9-8-14(2,3)4;1-13(2,3)7-5-6-8-15(4)10-9(14)11(16)12(10)17;2*1-12(2,3)6-5-7-14(4)9-8(13)10(15)11(9)16;1-12(2,3)6-4-5-7-14-9-8(13)10(15)11(9)16;1-11(2,3)5-6-13(4)8-7(12)9(14)10(8)15;1-10(2,3)4-5-12-7-6(11)8(13)9(7)14/h7-10H2,1-6H3;7-9H2,1-6H3;5-8,14H2,1-4H3;2*5-7,13H2,1-4H3;14H,4-7,13H2,1-3H3;5-6,12H2,1-4H3;12H,4-5,11H2,1-3H3. The molecule has 8 rings (SSSR count). The number of unbranched alkanes of at least 4 members (excludes halogenated alkanes) is 2. The van der Waals surface area contributed by atoms with E-state index in [1.54, 1.807) is 40.7 Å². The summed E-state index contributed by atoms with van der Waals surface area (Å²) in [4.78, 5) is 194. The van der Waals surface area contributed by atoms with Crippen LogP contribution in [-0.4, -0.2) is 121 Å². The van der Waals surface area contributed by atoms with Gasteiger partial charge in [0.1, 0.15) is 91.0 Å². The maximum Gasteiger partial charge on any atom is 0.253 e. The Kier molecular flexibility index (Phi) is 44.5. The van der Waals surface area contributed by atoms with Crippen LogP contribution in [0.5, 0.6) is 0 Å². The predicted molar refractivity (Wildman–Crippen MR) is 557 cm³/mol. The first-order chi connectivity index (χ1) is 59.5. The molecule has 0 radical (unpaired) electrons. The van der Waals surface area contributed by atoms with Crippen LogP contribution in [0.1, 0.15) is 277 Å². The fourth-order valence-electron chi connectivity index (χ4n) is 13.5. The molecular formula is C99H166N16O16. The lowest BCUT2D eigenvalue weighted by atomic mass is 9.90. The van der Waals surface area contributed by atoms with Crippen LogP contribution in [0.4, 0.5) is 91.0 Å². The highest BCUT2D eigenvalue weighted by Gasteiger charge is 2.32. The van der Waals surface area contributed by atoms with E-state index in [4.69, 9.17) is 34.4 Å². The van der Waals surface area contributed by atoms with Crippen molar-refractivity contribution in [2.75, 3.05) is 206 Å². The molecule has 0 atom stereocenters. The molecule has 0 aliphatic carbocycles. The van der Waals surface area contributed by atoms with E-state index in [0.717, 1.165) is 149 Å². The third kappa shape index (κ3) is 36.8. The highest BCUT2D eigenvalue weighted by Crippen LogP contribution is 2.31. The van der Waals surface area contributed by atoms with E-state index in [2.05, 4.69) is 177 Å². The van der Waals surface area contributed by atoms with Crippen molar-refractivity contribution in [3.05, 3.63) is 164 Å². The van der Waals surface area contributed by atoms with E-state index in [9.17, 15) is 76.7 Å². The zero-order chi connectivity index (χ0) is 102. The molecule has 131 heavy (non-hydrogen) atoms. The minimum Gasteiger partial charge on any atom is -0.394 e. The monoisotopic (exact) mass is 1840 g/mol. The topological polar surface area (TPSA) is 479 Å². The van der Waals surface area contributed by atoms with Gasteiger partial charge in [0.25, 0.3) is 86.9 Å². The van der Waals surface area contributed by atoms with Gasteiger partial charge >= 0.3 is 0 Å². The van der Waals surface area contributed by atoms with Gasteiger partial charge in [-0.1, -0.05) is 179 Å². The van der Waals surface area contributed by atoms with Crippen molar-refractivity contribution in [3.63, 3.8) is 0 Å². The van der Waals surface area contributed by atoms with Gasteiger partial charge < -0.3 is 84.2 Å². The smallest absolute Gasteiger partial charge is 0.253 e. The maximum absolute atomic E-state index is 11.8. The van der Waals surface area contributed by atoms with Crippen LogP contribution in [0.2, 0.25) is 0 Å². The van der Waals surface area contributed by atoms with Crippen molar-refractivity contribution in [1.29, 1.82) is 0 Å². The summed E-state index contributed by atoms with van der Waals surface area (Å²) in [7, 11) is 12.8. The van der Waals surface area contributed by atoms with E-state index in [1.165, 1.54) is 0 Å². The molecule has 32 heteroatoms. The van der Waals surface area contributed by atoms with E-state index >= 15 is 0 Å². The minimum absolute atomic E-state index is 0.0731. The first-order valence-corrected chi connectivity index (χ1v) is 45.9. The van der Waals surface area contributed by atoms with Crippen molar-refractivity contribution >= 4 is 91.0 Å². The fourth-order valence-corrected chi connectivity index (χ4v) is 13.5. The lowest BCUT2D eigenvalue weighted by Crippen LogP contribution is -2.45. The van der Waals surface area contributed by atoms with Gasteiger partial charge in [-0.3, -0.25) is 76.7 Å². The van der Waals surface area contributed by atoms with Crippen molar-refractivity contribution in [1.82, 2.24) is 0 Å². The SMILES string of the molecule is CC(C)(C)CCCCNc1c(N)c(=O)c1=O.CC(C)(C)CCNc1c(N)c(=O)c1=O.CCN(C)c1c(N(C)CCC(C)(C)C)c(=O)c1=O.CCN(CC)c1c(N(C)CCC(C)(C)C)c(=O)c1=O.CN(CCC(C)(C)C)c1c(N)c(=O)c1=O.CN(CCCC(C)(C)C)c1c(N)c(=O)c1=O.CN(CCCC(C)(C)C)c1c(N)c(=O)c1=O.CN(CCCCC(C)(C)C)c1c(N)c(=O)c1=O. The van der Waals surface area contributed by atoms with E-state index in [0.29, 0.717) is 91.6 Å². The van der Waals surface area contributed by atoms with Crippen LogP contribution in [0.25, 0.3) is 0 Å². The molecule has 0 unspecified atom stereocenters. The second kappa shape index (κ2) is 49.3. The van der Waals surface area contributed by atoms with Gasteiger partial charge in [0.05, 0.1) is 0 Å². The van der Waals surface area contributed by atoms with Gasteiger partial charge in [0, 0.05) is 121 Å². The van der Waals surface area contributed by atoms with Crippen molar-refractivity contribution in [2.45, 2.75) is 277 Å². The molecule has 0 aliphatic rings. The molecule has 32 nitrogen and oxygen atoms in total. The molecule has 0 aliphatic heterocycles. The largest absolute Gasteiger partial charge is 0.394 e. The van der Waals surface area contributed by atoms with Crippen LogP contribution >= 0.6 is 0 Å². The zero-order valence-corrected chi connectivity index (χ0v) is 86.3. The second-order valence-electron chi connectivity index (χ2n) is 44.5. The van der Waals surface area contributed by atoms with Gasteiger partial charge in [-0.2, -0.15) is 0 Å². The number of nitrogen functional groups attached to an aromatic ring is 6. The molecule has 14 N–H and O–H groups in total. The first kappa shape index (κ1) is 118. The van der Waals surface area contributed by atoms with Crippen LogP contribution < -0.4 is 171 Å². The van der Waals surface area contributed by atoms with Gasteiger partial charge in [-0.05, 0) is 141 Å². The Bertz CT molecular complexity index is 5500. The Morgan fingerprint density at radius 2 is 0.405 bits per heavy atom. The summed E-state index contributed by atoms with van der Waals surface area (Å²) < 4.78 is 0. The molecule has 0 saturated carbocycles. The Morgan fingerprint density at radius 1 is 0.198 bits per heavy atom. The van der Waals surface area contributed by atoms with E-state index in [-0.39, 0.29) is 77.5 Å². The van der Waals surface area contributed by atoms with Crippen molar-refractivity contribution < 1.29 is 0 Å². The number of rotatable bonds is 35. The van der Waals surface area contributed by atoms with Crippen molar-refractivity contribution in [2.24, 2.45) is 43.3 Å². The summed E-state index contributed by atoms with van der Waals surface area (Å²) in [5.41, 5.74) is 32.5. The van der Waals surface area contributed by atoms with Gasteiger partial charge in [-0.25, -0.2) is 0 Å². The molecule has 0 saturated heterocycles. The first-order valence-electron chi connectivity index (χ1n) is 45.9. The lowest BCUT2D eigenvalue weighted by molar-refractivity contribution is 0.361. The molecule has 0 heterocycles. The number of nitrogens with one attached hydrogen (secondary N) is 2. The zero-order valence-electron chi connectivity index (χ0n) is 86.3. The normalized spacial score (nSPS) is 12.0. The van der Waals surface area contributed by atoms with Crippen LogP contribution in [-0.2, 0) is 0 Å². The van der Waals surface area contributed by atoms with Crippen molar-refractivity contribution in [3.8, 4) is 0 Å². The van der Waals surface area contributed by atoms with E-state index in [1.807, 2.05) is 68.6 Å². The van der Waals surface area contributed by atoms with Crippen LogP contribution in [0.3, 0.4) is 0 Å². The number of nitrogens with zero attached hydrogens (tertiary/aromatic N) is 8. The summed E-state index contributed by atoms with van der Waals surface area (Å²) in [5.74, 6) is 0. The molecule has 0 fully saturated rings. The lowest BCUT2D eigenvalue weighted by Gasteiger charge is -2.31. The molecule has 0 spiro atoms. The van der Waals surface area contributed by atoms with E-state index < -0.39 is 65.1 Å². The fraction of sp³-hybridized carbons (Fsp3) is 0.677. The predicted octanol–water partition coefficient (Wildman–Crippen LogP) is 10.3. The molecule has 8 aromatic carbocycles. The molecule has 738 valence electrons. The summed E-state index contributed by atoms with van der Waals surface area (Å²) in [5, 5.41) is 5.81. The minimum atomic E-state index is -0.566. The van der Waals surface area contributed by atoms with Gasteiger partial charge in [0.2, 0.25) is 0 Å². The van der Waals surface area contributed by atoms with Crippen LogP contribution in [0, 0.1) is 43.3 Å². The Morgan fingerprint density at radius 3 is 0.656 bits per heavy atom. The van der Waals surface area contributed by atoms with Crippen LogP contribution in [0.15, 0.2) is 76.7 Å². The average molecular weight is 1840 g/mol. The maximum atomic E-state index is 11.8. The molecule has 0 amide bonds. The summed E-state index contributed by atoms with van der Waals surface area (Å²) in [6, 6.07) is 0. The highest BCUT2D eigenvalue weighted by atomic mass is 16.2. The van der Waals surface area contributed by atoms with Gasteiger partial charge in [0.15, 0.2) is 0 Å². The summed E-state index contributed by atoms with van der Waals surface area (Å²) in [6.07, 6.45) is 14.5. The number of hydrogen-bond donors (Lipinski definition) is 8. The second-order valence-corrected chi connectivity index (χ2v) is 44.5. The highest BCUT2D eigenvalue weighted by molar-refractivity contribution is 5.79. The Balaban J connectivity index is 0.000000750. The summed E-state index contributed by atoms with van der Waals surface area (Å²) in [6.45, 7) is 66.2. The molecular weight excluding hydrogens is 1670 g/mol. The quantitative estimate of drug-likeness (QED) is 0.0135. The average Bonchev–Trinajstić information content (AvgIpc) is 0.768. The number of nitrogens with two attached hydrogens (primary N) is 6. The number of hydrogen-bond acceptors (Lipinski definition) is 32. The third-order valence-corrected chi connectivity index (χ3v) is 22.5.